The lowest BCUT2D eigenvalue weighted by atomic mass is 9.64. The molecule has 0 unspecified atom stereocenters. The molecule has 16 nitrogen and oxygen atoms in total. The molecule has 3 amide bonds. The molecule has 0 radical (unpaired) electrons. The number of cyclic esters (lactones) is 1. The van der Waals surface area contributed by atoms with Gasteiger partial charge in [-0.3, -0.25) is 19.3 Å². The summed E-state index contributed by atoms with van der Waals surface area (Å²) in [5.74, 6) is 4.41. The van der Waals surface area contributed by atoms with Crippen LogP contribution in [-0.2, 0) is 34.0 Å². The van der Waals surface area contributed by atoms with Crippen molar-refractivity contribution in [2.75, 3.05) is 76.6 Å². The zero-order valence-electron chi connectivity index (χ0n) is 39.7. The average molecular weight is 969 g/mol. The maximum atomic E-state index is 16.7. The van der Waals surface area contributed by atoms with Gasteiger partial charge in [0.1, 0.15) is 42.3 Å². The SMILES string of the molecule is COCCOC(=O)N1C(=O)[C@@]2(c3cc(C#Cc4ccc(OC)cc4)ccc31)[C@H](C(=O)N1CCN(c3ncccn3)CC1)[C@H]1C(=O)O[C@H](c3ccccc3)[C@H](c3ccccc3)N1[C@@H]2c1ccccc1OCCO. The molecule has 3 saturated heterocycles. The smallest absolute Gasteiger partial charge is 0.421 e. The molecule has 366 valence electrons. The topological polar surface area (TPSA) is 173 Å². The molecular formula is C56H52N6O10. The Kier molecular flexibility index (Phi) is 13.7. The van der Waals surface area contributed by atoms with Crippen LogP contribution in [0.3, 0.4) is 0 Å². The third-order valence-corrected chi connectivity index (χ3v) is 13.9. The Morgan fingerprint density at radius 1 is 0.750 bits per heavy atom. The van der Waals surface area contributed by atoms with Gasteiger partial charge in [0.15, 0.2) is 0 Å². The Morgan fingerprint density at radius 3 is 2.11 bits per heavy atom. The number of morpholine rings is 1. The summed E-state index contributed by atoms with van der Waals surface area (Å²) in [6.45, 7) is 0.524. The van der Waals surface area contributed by atoms with Gasteiger partial charge in [-0.25, -0.2) is 19.7 Å². The molecule has 5 aromatic carbocycles. The number of rotatable bonds is 12. The molecule has 4 aliphatic rings. The highest BCUT2D eigenvalue weighted by Gasteiger charge is 2.76. The minimum Gasteiger partial charge on any atom is -0.497 e. The van der Waals surface area contributed by atoms with E-state index in [1.807, 2.05) is 82.6 Å². The molecule has 72 heavy (non-hydrogen) atoms. The lowest BCUT2D eigenvalue weighted by Gasteiger charge is -2.46. The summed E-state index contributed by atoms with van der Waals surface area (Å²) >= 11 is 0. The fourth-order valence-electron chi connectivity index (χ4n) is 10.8. The van der Waals surface area contributed by atoms with Gasteiger partial charge in [-0.1, -0.05) is 90.7 Å². The highest BCUT2D eigenvalue weighted by molar-refractivity contribution is 6.23. The van der Waals surface area contributed by atoms with E-state index in [-0.39, 0.29) is 50.8 Å². The van der Waals surface area contributed by atoms with Gasteiger partial charge >= 0.3 is 12.1 Å². The fraction of sp³-hybridized carbons (Fsp3) is 0.286. The van der Waals surface area contributed by atoms with E-state index in [0.29, 0.717) is 52.8 Å². The summed E-state index contributed by atoms with van der Waals surface area (Å²) in [5.41, 5.74) is 1.35. The number of anilines is 2. The fourth-order valence-corrected chi connectivity index (χ4v) is 10.8. The molecule has 6 atom stereocenters. The van der Waals surface area contributed by atoms with Crippen molar-refractivity contribution < 1.29 is 48.0 Å². The first-order chi connectivity index (χ1) is 35.3. The number of hydrogen-bond acceptors (Lipinski definition) is 14. The summed E-state index contributed by atoms with van der Waals surface area (Å²) in [6, 6.07) is 36.6. The zero-order valence-corrected chi connectivity index (χ0v) is 39.7. The summed E-state index contributed by atoms with van der Waals surface area (Å²) in [6.07, 6.45) is 1.38. The average Bonchev–Trinajstić information content (AvgIpc) is 3.88. The van der Waals surface area contributed by atoms with Crippen molar-refractivity contribution in [3.05, 3.63) is 179 Å². The van der Waals surface area contributed by atoms with E-state index >= 15 is 14.4 Å². The Morgan fingerprint density at radius 2 is 1.42 bits per heavy atom. The number of nitrogens with zero attached hydrogens (tertiary/aromatic N) is 6. The Bertz CT molecular complexity index is 3000. The number of esters is 1. The first-order valence-corrected chi connectivity index (χ1v) is 23.8. The lowest BCUT2D eigenvalue weighted by Crippen LogP contribution is -2.59. The number of fused-ring (bicyclic) bond motifs is 3. The number of amides is 3. The molecule has 1 spiro atoms. The van der Waals surface area contributed by atoms with Gasteiger partial charge < -0.3 is 38.6 Å². The van der Waals surface area contributed by atoms with Crippen LogP contribution in [0.25, 0.3) is 0 Å². The second-order valence-electron chi connectivity index (χ2n) is 17.7. The van der Waals surface area contributed by atoms with Gasteiger partial charge in [0.05, 0.1) is 44.0 Å². The number of carbonyl (C=O) groups is 4. The number of aliphatic hydroxyl groups excluding tert-OH is 1. The standard InChI is InChI=1S/C56H52N6O10/c1-68-34-35-71-55(67)61-44-25-22-38(19-18-37-20-23-41(69-2)24-21-37)36-43(44)56(53(61)66)46(51(64)59-28-30-60(31-29-59)54-57-26-11-27-58-54)48-52(65)72-49(40-14-7-4-8-15-40)47(39-12-5-3-6-13-39)62(48)50(56)42-16-9-10-17-45(42)70-33-32-63/h3-17,20-27,36,46-50,63H,28-35H2,1-2H3/t46-,47-,48-,49+,50+,56-/m0/s1. The maximum absolute atomic E-state index is 16.7. The van der Waals surface area contributed by atoms with Gasteiger partial charge in [0.25, 0.3) is 0 Å². The van der Waals surface area contributed by atoms with Crippen LogP contribution in [0, 0.1) is 17.8 Å². The Balaban J connectivity index is 1.25. The summed E-state index contributed by atoms with van der Waals surface area (Å²) < 4.78 is 29.4. The van der Waals surface area contributed by atoms with Crippen LogP contribution in [0.1, 0.15) is 51.6 Å². The Hall–Kier alpha value is -8.10. The lowest BCUT2D eigenvalue weighted by molar-refractivity contribution is -0.179. The van der Waals surface area contributed by atoms with Crippen LogP contribution in [0.5, 0.6) is 11.5 Å². The van der Waals surface area contributed by atoms with Crippen molar-refractivity contribution in [3.63, 3.8) is 0 Å². The minimum absolute atomic E-state index is 0.0479. The van der Waals surface area contributed by atoms with Gasteiger partial charge in [0.2, 0.25) is 17.8 Å². The van der Waals surface area contributed by atoms with Crippen molar-refractivity contribution in [1.29, 1.82) is 0 Å². The van der Waals surface area contributed by atoms with Crippen molar-refractivity contribution in [3.8, 4) is 23.3 Å². The molecule has 0 bridgehead atoms. The van der Waals surface area contributed by atoms with Gasteiger partial charge in [-0.05, 0) is 71.3 Å². The van der Waals surface area contributed by atoms with Crippen LogP contribution in [-0.4, -0.2) is 122 Å². The first kappa shape index (κ1) is 47.6. The number of para-hydroxylation sites is 1. The number of hydrogen-bond donors (Lipinski definition) is 1. The third-order valence-electron chi connectivity index (χ3n) is 13.9. The van der Waals surface area contributed by atoms with Gasteiger partial charge in [-0.15, -0.1) is 0 Å². The molecule has 0 saturated carbocycles. The van der Waals surface area contributed by atoms with E-state index in [0.717, 1.165) is 10.5 Å². The van der Waals surface area contributed by atoms with Crippen LogP contribution < -0.4 is 19.3 Å². The van der Waals surface area contributed by atoms with Crippen LogP contribution in [0.15, 0.2) is 146 Å². The van der Waals surface area contributed by atoms with E-state index in [1.54, 1.807) is 85.1 Å². The maximum Gasteiger partial charge on any atom is 0.421 e. The summed E-state index contributed by atoms with van der Waals surface area (Å²) in [5, 5.41) is 10.2. The Labute approximate surface area is 416 Å². The number of carbonyl (C=O) groups excluding carboxylic acids is 4. The number of ether oxygens (including phenoxy) is 5. The van der Waals surface area contributed by atoms with Gasteiger partial charge in [0, 0.05) is 62.4 Å². The third kappa shape index (κ3) is 8.55. The van der Waals surface area contributed by atoms with Gasteiger partial charge in [-0.2, -0.15) is 0 Å². The minimum atomic E-state index is -2.09. The molecule has 5 heterocycles. The molecule has 10 rings (SSSR count). The van der Waals surface area contributed by atoms with Crippen molar-refractivity contribution in [1.82, 2.24) is 19.8 Å². The first-order valence-electron chi connectivity index (χ1n) is 23.8. The van der Waals surface area contributed by atoms with E-state index in [4.69, 9.17) is 23.7 Å². The molecular weight excluding hydrogens is 917 g/mol. The second kappa shape index (κ2) is 20.7. The van der Waals surface area contributed by atoms with Crippen molar-refractivity contribution >= 4 is 35.5 Å². The monoisotopic (exact) mass is 968 g/mol. The number of piperazine rings is 1. The zero-order chi connectivity index (χ0) is 49.8. The highest BCUT2D eigenvalue weighted by atomic mass is 16.6. The molecule has 0 aliphatic carbocycles. The number of imide groups is 1. The molecule has 4 aliphatic heterocycles. The largest absolute Gasteiger partial charge is 0.497 e. The number of aliphatic hydroxyl groups is 1. The van der Waals surface area contributed by atoms with E-state index in [9.17, 15) is 9.90 Å². The molecule has 16 heteroatoms. The van der Waals surface area contributed by atoms with E-state index < -0.39 is 59.4 Å². The van der Waals surface area contributed by atoms with Crippen LogP contribution >= 0.6 is 0 Å². The second-order valence-corrected chi connectivity index (χ2v) is 17.7. The molecule has 6 aromatic rings. The molecule has 1 N–H and O–H groups in total. The molecule has 3 fully saturated rings. The van der Waals surface area contributed by atoms with E-state index in [1.165, 1.54) is 7.11 Å². The number of aromatic nitrogens is 2. The van der Waals surface area contributed by atoms with Crippen LogP contribution in [0.4, 0.5) is 16.4 Å². The quantitative estimate of drug-likeness (QED) is 0.0853. The number of benzene rings is 5. The van der Waals surface area contributed by atoms with Crippen LogP contribution in [0.2, 0.25) is 0 Å². The summed E-state index contributed by atoms with van der Waals surface area (Å²) in [4.78, 5) is 78.9. The predicted octanol–water partition coefficient (Wildman–Crippen LogP) is 6.05. The number of methoxy groups -OCH3 is 2. The van der Waals surface area contributed by atoms with Crippen molar-refractivity contribution in [2.24, 2.45) is 5.92 Å². The summed E-state index contributed by atoms with van der Waals surface area (Å²) in [7, 11) is 3.05. The van der Waals surface area contributed by atoms with Crippen molar-refractivity contribution in [2.45, 2.75) is 29.6 Å². The predicted molar refractivity (Wildman–Crippen MR) is 264 cm³/mol. The van der Waals surface area contributed by atoms with E-state index in [2.05, 4.69) is 21.8 Å². The normalized spacial score (nSPS) is 22.4. The highest BCUT2D eigenvalue weighted by Crippen LogP contribution is 2.67. The molecule has 1 aromatic heterocycles.